The molecule has 8 heteroatoms. The first kappa shape index (κ1) is 19.3. The van der Waals surface area contributed by atoms with Crippen LogP contribution in [0.1, 0.15) is 18.4 Å². The Kier molecular flexibility index (Phi) is 8.66. The van der Waals surface area contributed by atoms with E-state index >= 15 is 0 Å². The van der Waals surface area contributed by atoms with Crippen LogP contribution >= 0.6 is 22.7 Å². The Morgan fingerprint density at radius 2 is 1.95 bits per heavy atom. The first-order chi connectivity index (χ1) is 9.56. The van der Waals surface area contributed by atoms with Gasteiger partial charge < -0.3 is 9.29 Å². The van der Waals surface area contributed by atoms with Gasteiger partial charge in [0, 0.05) is 22.1 Å². The molecule has 110 valence electrons. The minimum atomic E-state index is -4.09. The van der Waals surface area contributed by atoms with E-state index in [1.807, 2.05) is 22.9 Å². The molecule has 0 aliphatic carbocycles. The minimum absolute atomic E-state index is 0. The molecule has 2 rings (SSSR count). The molecule has 0 saturated carbocycles. The van der Waals surface area contributed by atoms with Gasteiger partial charge in [-0.3, -0.25) is 0 Å². The Morgan fingerprint density at radius 3 is 2.62 bits per heavy atom. The zero-order chi connectivity index (χ0) is 14.4. The second-order valence-corrected chi connectivity index (χ2v) is 7.66. The molecule has 0 spiro atoms. The molecule has 0 N–H and O–H groups in total. The second-order valence-electron chi connectivity index (χ2n) is 4.27. The van der Waals surface area contributed by atoms with Crippen molar-refractivity contribution in [2.45, 2.75) is 19.4 Å². The van der Waals surface area contributed by atoms with Gasteiger partial charge in [-0.05, 0) is 41.3 Å². The van der Waals surface area contributed by atoms with Crippen LogP contribution in [0.5, 0.6) is 0 Å². The van der Waals surface area contributed by atoms with Crippen LogP contribution in [0.2, 0.25) is 0 Å². The van der Waals surface area contributed by atoms with Gasteiger partial charge in [-0.25, -0.2) is 8.42 Å². The van der Waals surface area contributed by atoms with Crippen molar-refractivity contribution in [1.82, 2.24) is 0 Å². The Morgan fingerprint density at radius 1 is 1.14 bits per heavy atom. The summed E-state index contributed by atoms with van der Waals surface area (Å²) in [4.78, 5) is 2.46. The van der Waals surface area contributed by atoms with Crippen molar-refractivity contribution < 1.29 is 47.3 Å². The van der Waals surface area contributed by atoms with Crippen LogP contribution in [-0.2, 0) is 21.5 Å². The van der Waals surface area contributed by atoms with Gasteiger partial charge in [0.1, 0.15) is 0 Å². The number of ether oxygens (including phenoxy) is 1. The zero-order valence-electron chi connectivity index (χ0n) is 11.8. The van der Waals surface area contributed by atoms with Gasteiger partial charge in [0.25, 0.3) is 0 Å². The number of unbranched alkanes of at least 4 members (excludes halogenated alkanes) is 1. The predicted molar refractivity (Wildman–Crippen MR) is 81.1 cm³/mol. The summed E-state index contributed by atoms with van der Waals surface area (Å²) in [6.45, 7) is 0.982. The van der Waals surface area contributed by atoms with Crippen LogP contribution in [0.15, 0.2) is 29.0 Å². The topological polar surface area (TPSA) is 66.4 Å². The van der Waals surface area contributed by atoms with Crippen LogP contribution in [-0.4, -0.2) is 25.3 Å². The molecule has 0 aromatic carbocycles. The molecule has 0 amide bonds. The largest absolute Gasteiger partial charge is 1.00 e. The van der Waals surface area contributed by atoms with E-state index in [1.165, 1.54) is 9.75 Å². The molecule has 0 bridgehead atoms. The molecular formula is C13H15NaO4S3. The summed E-state index contributed by atoms with van der Waals surface area (Å²) in [5, 5.41) is 4.08. The fourth-order valence-corrected chi connectivity index (χ4v) is 4.11. The molecule has 2 heterocycles. The molecule has 0 radical (unpaired) electrons. The SMILES string of the molecule is O=S(=O)([O-])CCCCOCc1ccsc1-c1cccs1.[Na+]. The average Bonchev–Trinajstić information content (AvgIpc) is 3.02. The first-order valence-electron chi connectivity index (χ1n) is 6.18. The average molecular weight is 354 g/mol. The molecule has 2 aromatic rings. The van der Waals surface area contributed by atoms with Gasteiger partial charge in [-0.1, -0.05) is 6.07 Å². The summed E-state index contributed by atoms with van der Waals surface area (Å²) in [6, 6.07) is 6.15. The third kappa shape index (κ3) is 6.92. The number of hydrogen-bond acceptors (Lipinski definition) is 6. The monoisotopic (exact) mass is 354 g/mol. The summed E-state index contributed by atoms with van der Waals surface area (Å²) in [5.41, 5.74) is 1.15. The summed E-state index contributed by atoms with van der Waals surface area (Å²) >= 11 is 3.39. The smallest absolute Gasteiger partial charge is 0.748 e. The van der Waals surface area contributed by atoms with E-state index < -0.39 is 10.1 Å². The summed E-state index contributed by atoms with van der Waals surface area (Å²) < 4.78 is 36.8. The van der Waals surface area contributed by atoms with E-state index in [0.717, 1.165) is 5.56 Å². The standard InChI is InChI=1S/C13H16O4S3.Na/c14-20(15,16)9-2-1-6-17-10-11-5-8-19-13(11)12-4-3-7-18-12;/h3-5,7-8H,1-2,6,9-10H2,(H,14,15,16);/q;+1/p-1. The maximum Gasteiger partial charge on any atom is 1.00 e. The number of hydrogen-bond donors (Lipinski definition) is 0. The molecule has 0 atom stereocenters. The van der Waals surface area contributed by atoms with Crippen molar-refractivity contribution in [3.05, 3.63) is 34.5 Å². The molecule has 21 heavy (non-hydrogen) atoms. The number of thiophene rings is 2. The van der Waals surface area contributed by atoms with E-state index in [-0.39, 0.29) is 35.3 Å². The second kappa shape index (κ2) is 9.42. The van der Waals surface area contributed by atoms with Gasteiger partial charge in [0.15, 0.2) is 0 Å². The van der Waals surface area contributed by atoms with E-state index in [9.17, 15) is 13.0 Å². The Labute approximate surface area is 155 Å². The van der Waals surface area contributed by atoms with Gasteiger partial charge in [-0.2, -0.15) is 0 Å². The molecule has 0 aliphatic heterocycles. The zero-order valence-corrected chi connectivity index (χ0v) is 16.2. The summed E-state index contributed by atoms with van der Waals surface area (Å²) in [6.07, 6.45) is 0.938. The van der Waals surface area contributed by atoms with Crippen molar-refractivity contribution in [3.63, 3.8) is 0 Å². The summed E-state index contributed by atoms with van der Waals surface area (Å²) in [5.74, 6) is -0.310. The van der Waals surface area contributed by atoms with Gasteiger partial charge in [0.2, 0.25) is 0 Å². The fourth-order valence-electron chi connectivity index (χ4n) is 1.74. The van der Waals surface area contributed by atoms with E-state index in [4.69, 9.17) is 4.74 Å². The fraction of sp³-hybridized carbons (Fsp3) is 0.385. The van der Waals surface area contributed by atoms with Crippen LogP contribution in [0.3, 0.4) is 0 Å². The van der Waals surface area contributed by atoms with Crippen molar-refractivity contribution in [2.24, 2.45) is 0 Å². The van der Waals surface area contributed by atoms with E-state index in [0.29, 0.717) is 26.1 Å². The van der Waals surface area contributed by atoms with Crippen molar-refractivity contribution in [1.29, 1.82) is 0 Å². The van der Waals surface area contributed by atoms with Crippen LogP contribution < -0.4 is 29.6 Å². The maximum absolute atomic E-state index is 10.4. The van der Waals surface area contributed by atoms with E-state index in [2.05, 4.69) is 6.07 Å². The van der Waals surface area contributed by atoms with Crippen LogP contribution in [0, 0.1) is 0 Å². The molecule has 0 aliphatic rings. The molecular weight excluding hydrogens is 339 g/mol. The van der Waals surface area contributed by atoms with Crippen LogP contribution in [0.4, 0.5) is 0 Å². The molecule has 4 nitrogen and oxygen atoms in total. The van der Waals surface area contributed by atoms with Crippen molar-refractivity contribution in [3.8, 4) is 9.75 Å². The van der Waals surface area contributed by atoms with Gasteiger partial charge in [-0.15, -0.1) is 22.7 Å². The molecule has 2 aromatic heterocycles. The van der Waals surface area contributed by atoms with Crippen LogP contribution in [0.25, 0.3) is 9.75 Å². The number of rotatable bonds is 8. The maximum atomic E-state index is 10.4. The predicted octanol–water partition coefficient (Wildman–Crippen LogP) is 0.323. The Bertz CT molecular complexity index is 620. The van der Waals surface area contributed by atoms with Gasteiger partial charge in [0.05, 0.1) is 16.7 Å². The van der Waals surface area contributed by atoms with Crippen molar-refractivity contribution in [2.75, 3.05) is 12.4 Å². The molecule has 0 unspecified atom stereocenters. The molecule has 0 fully saturated rings. The third-order valence-electron chi connectivity index (χ3n) is 2.68. The summed E-state index contributed by atoms with van der Waals surface area (Å²) in [7, 11) is -4.09. The van der Waals surface area contributed by atoms with Gasteiger partial charge >= 0.3 is 29.6 Å². The normalized spacial score (nSPS) is 11.3. The quantitative estimate of drug-likeness (QED) is 0.389. The van der Waals surface area contributed by atoms with E-state index in [1.54, 1.807) is 22.7 Å². The molecule has 0 saturated heterocycles. The first-order valence-corrected chi connectivity index (χ1v) is 9.51. The Balaban J connectivity index is 0.00000220. The minimum Gasteiger partial charge on any atom is -0.748 e. The van der Waals surface area contributed by atoms with Crippen molar-refractivity contribution >= 4 is 32.8 Å². The third-order valence-corrected chi connectivity index (χ3v) is 5.48. The Hall–Kier alpha value is 0.270.